The van der Waals surface area contributed by atoms with E-state index in [-0.39, 0.29) is 22.6 Å². The van der Waals surface area contributed by atoms with Gasteiger partial charge in [0, 0.05) is 12.6 Å². The Kier molecular flexibility index (Phi) is 6.34. The Bertz CT molecular complexity index is 1060. The maximum Gasteiger partial charge on any atom is 0.339 e. The Morgan fingerprint density at radius 1 is 1.07 bits per heavy atom. The highest BCUT2D eigenvalue weighted by molar-refractivity contribution is 7.87. The molecule has 0 N–H and O–H groups in total. The van der Waals surface area contributed by atoms with E-state index >= 15 is 0 Å². The molecule has 0 aliphatic rings. The molecule has 1 amide bonds. The van der Waals surface area contributed by atoms with Gasteiger partial charge in [-0.15, -0.1) is 11.3 Å². The number of nitrogens with zero attached hydrogens (tertiary/aromatic N) is 1. The zero-order valence-electron chi connectivity index (χ0n) is 15.9. The van der Waals surface area contributed by atoms with Gasteiger partial charge in [-0.1, -0.05) is 18.2 Å². The number of halogens is 1. The molecule has 0 atom stereocenters. The SMILES string of the molecule is CC(C)N(Cc1ccc(OS(=O)(=O)c2ccc(F)cc2)cc1)C(=O)c1cccs1. The topological polar surface area (TPSA) is 63.7 Å². The van der Waals surface area contributed by atoms with E-state index in [2.05, 4.69) is 0 Å². The first-order valence-electron chi connectivity index (χ1n) is 8.90. The highest BCUT2D eigenvalue weighted by Gasteiger charge is 2.20. The lowest BCUT2D eigenvalue weighted by atomic mass is 10.1. The monoisotopic (exact) mass is 433 g/mol. The molecule has 1 aromatic heterocycles. The van der Waals surface area contributed by atoms with Crippen LogP contribution in [0.4, 0.5) is 4.39 Å². The van der Waals surface area contributed by atoms with Gasteiger partial charge >= 0.3 is 10.1 Å². The largest absolute Gasteiger partial charge is 0.379 e. The van der Waals surface area contributed by atoms with Crippen molar-refractivity contribution in [1.82, 2.24) is 4.90 Å². The van der Waals surface area contributed by atoms with Crippen molar-refractivity contribution in [3.05, 3.63) is 82.3 Å². The van der Waals surface area contributed by atoms with Crippen molar-refractivity contribution in [1.29, 1.82) is 0 Å². The van der Waals surface area contributed by atoms with Gasteiger partial charge in [0.15, 0.2) is 0 Å². The summed E-state index contributed by atoms with van der Waals surface area (Å²) in [5, 5.41) is 1.86. The van der Waals surface area contributed by atoms with Crippen LogP contribution in [0.3, 0.4) is 0 Å². The maximum atomic E-state index is 13.0. The minimum absolute atomic E-state index is 0.000574. The molecule has 0 radical (unpaired) electrons. The van der Waals surface area contributed by atoms with E-state index in [0.717, 1.165) is 29.8 Å². The molecule has 0 aliphatic heterocycles. The van der Waals surface area contributed by atoms with Crippen LogP contribution in [0.15, 0.2) is 70.9 Å². The highest BCUT2D eigenvalue weighted by atomic mass is 32.2. The van der Waals surface area contributed by atoms with Crippen LogP contribution < -0.4 is 4.18 Å². The van der Waals surface area contributed by atoms with Crippen LogP contribution in [-0.2, 0) is 16.7 Å². The van der Waals surface area contributed by atoms with E-state index in [9.17, 15) is 17.6 Å². The van der Waals surface area contributed by atoms with Crippen molar-refractivity contribution in [3.63, 3.8) is 0 Å². The third-order valence-corrected chi connectivity index (χ3v) is 6.32. The summed E-state index contributed by atoms with van der Waals surface area (Å²) in [7, 11) is -4.05. The summed E-state index contributed by atoms with van der Waals surface area (Å²) in [5.74, 6) is -0.437. The molecule has 5 nitrogen and oxygen atoms in total. The predicted octanol–water partition coefficient (Wildman–Crippen LogP) is 4.71. The Morgan fingerprint density at radius 2 is 1.72 bits per heavy atom. The van der Waals surface area contributed by atoms with Crippen LogP contribution >= 0.6 is 11.3 Å². The van der Waals surface area contributed by atoms with Gasteiger partial charge in [0.05, 0.1) is 4.88 Å². The van der Waals surface area contributed by atoms with E-state index in [1.807, 2.05) is 25.3 Å². The summed E-state index contributed by atoms with van der Waals surface area (Å²) in [6.07, 6.45) is 0. The van der Waals surface area contributed by atoms with Gasteiger partial charge in [0.2, 0.25) is 0 Å². The molecule has 1 heterocycles. The summed E-state index contributed by atoms with van der Waals surface area (Å²) in [6.45, 7) is 4.27. The van der Waals surface area contributed by atoms with Gasteiger partial charge in [-0.25, -0.2) is 4.39 Å². The van der Waals surface area contributed by atoms with Crippen LogP contribution in [0.5, 0.6) is 5.75 Å². The van der Waals surface area contributed by atoms with E-state index in [1.54, 1.807) is 23.1 Å². The Labute approximate surface area is 173 Å². The lowest BCUT2D eigenvalue weighted by molar-refractivity contribution is 0.0695. The van der Waals surface area contributed by atoms with Gasteiger partial charge in [-0.05, 0) is 67.3 Å². The third kappa shape index (κ3) is 5.21. The molecule has 8 heteroatoms. The summed E-state index contributed by atoms with van der Waals surface area (Å²) in [5.41, 5.74) is 0.843. The average molecular weight is 434 g/mol. The van der Waals surface area contributed by atoms with Gasteiger partial charge in [-0.2, -0.15) is 8.42 Å². The van der Waals surface area contributed by atoms with Gasteiger partial charge in [0.1, 0.15) is 16.5 Å². The molecule has 0 spiro atoms. The number of hydrogen-bond donors (Lipinski definition) is 0. The normalized spacial score (nSPS) is 11.4. The number of hydrogen-bond acceptors (Lipinski definition) is 5. The second-order valence-electron chi connectivity index (χ2n) is 6.64. The third-order valence-electron chi connectivity index (χ3n) is 4.20. The molecule has 152 valence electrons. The number of benzene rings is 2. The molecule has 3 aromatic rings. The molecule has 0 saturated heterocycles. The average Bonchev–Trinajstić information content (AvgIpc) is 3.21. The Balaban J connectivity index is 1.72. The molecule has 0 saturated carbocycles. The summed E-state index contributed by atoms with van der Waals surface area (Å²) < 4.78 is 42.7. The van der Waals surface area contributed by atoms with Gasteiger partial charge in [0.25, 0.3) is 5.91 Å². The number of amides is 1. The quantitative estimate of drug-likeness (QED) is 0.507. The predicted molar refractivity (Wildman–Crippen MR) is 110 cm³/mol. The van der Waals surface area contributed by atoms with E-state index in [0.29, 0.717) is 11.4 Å². The molecule has 29 heavy (non-hydrogen) atoms. The lowest BCUT2D eigenvalue weighted by Crippen LogP contribution is -2.35. The van der Waals surface area contributed by atoms with Gasteiger partial charge in [-0.3, -0.25) is 4.79 Å². The number of carbonyl (C=O) groups is 1. The molecule has 0 aliphatic carbocycles. The Morgan fingerprint density at radius 3 is 2.28 bits per heavy atom. The number of thiophene rings is 1. The first kappa shape index (κ1) is 21.0. The molecule has 2 aromatic carbocycles. The van der Waals surface area contributed by atoms with Crippen molar-refractivity contribution in [2.45, 2.75) is 31.3 Å². The van der Waals surface area contributed by atoms with E-state index in [1.165, 1.54) is 23.5 Å². The molecule has 0 unspecified atom stereocenters. The zero-order valence-corrected chi connectivity index (χ0v) is 17.5. The standard InChI is InChI=1S/C21H20FNO4S2/c1-15(2)23(21(24)20-4-3-13-28-20)14-16-5-9-18(10-6-16)27-29(25,26)19-11-7-17(22)8-12-19/h3-13,15H,14H2,1-2H3. The molecular weight excluding hydrogens is 413 g/mol. The fourth-order valence-corrected chi connectivity index (χ4v) is 4.26. The number of rotatable bonds is 7. The van der Waals surface area contributed by atoms with Crippen LogP contribution in [0, 0.1) is 5.82 Å². The highest BCUT2D eigenvalue weighted by Crippen LogP contribution is 2.22. The smallest absolute Gasteiger partial charge is 0.339 e. The second-order valence-corrected chi connectivity index (χ2v) is 9.13. The first-order chi connectivity index (χ1) is 13.8. The fourth-order valence-electron chi connectivity index (χ4n) is 2.65. The van der Waals surface area contributed by atoms with Crippen molar-refractivity contribution in [2.75, 3.05) is 0 Å². The second kappa shape index (κ2) is 8.75. The molecular formula is C21H20FNO4S2. The maximum absolute atomic E-state index is 13.0. The number of carbonyl (C=O) groups excluding carboxylic acids is 1. The van der Waals surface area contributed by atoms with Crippen molar-refractivity contribution < 1.29 is 21.8 Å². The molecule has 0 fully saturated rings. The van der Waals surface area contributed by atoms with Crippen LogP contribution in [0.2, 0.25) is 0 Å². The summed E-state index contributed by atoms with van der Waals surface area (Å²) in [6, 6.07) is 14.5. The molecule has 0 bridgehead atoms. The minimum atomic E-state index is -4.05. The lowest BCUT2D eigenvalue weighted by Gasteiger charge is -2.26. The van der Waals surface area contributed by atoms with Crippen molar-refractivity contribution in [3.8, 4) is 5.75 Å². The Hall–Kier alpha value is -2.71. The van der Waals surface area contributed by atoms with Crippen LogP contribution in [0.1, 0.15) is 29.1 Å². The summed E-state index contributed by atoms with van der Waals surface area (Å²) in [4.78, 5) is 15.0. The van der Waals surface area contributed by atoms with E-state index < -0.39 is 15.9 Å². The van der Waals surface area contributed by atoms with Crippen LogP contribution in [0.25, 0.3) is 0 Å². The fraction of sp³-hybridized carbons (Fsp3) is 0.190. The summed E-state index contributed by atoms with van der Waals surface area (Å²) >= 11 is 1.39. The zero-order chi connectivity index (χ0) is 21.0. The van der Waals surface area contributed by atoms with Crippen molar-refractivity contribution >= 4 is 27.4 Å². The van der Waals surface area contributed by atoms with Crippen molar-refractivity contribution in [2.24, 2.45) is 0 Å². The molecule has 3 rings (SSSR count). The van der Waals surface area contributed by atoms with Crippen LogP contribution in [-0.4, -0.2) is 25.3 Å². The van der Waals surface area contributed by atoms with E-state index in [4.69, 9.17) is 4.18 Å². The minimum Gasteiger partial charge on any atom is -0.379 e. The van der Waals surface area contributed by atoms with Gasteiger partial charge < -0.3 is 9.08 Å². The first-order valence-corrected chi connectivity index (χ1v) is 11.2.